The summed E-state index contributed by atoms with van der Waals surface area (Å²) >= 11 is 7.01. The van der Waals surface area contributed by atoms with Crippen molar-refractivity contribution >= 4 is 51.9 Å². The second-order valence-electron chi connectivity index (χ2n) is 7.64. The number of anilines is 1. The van der Waals surface area contributed by atoms with Crippen LogP contribution in [0.4, 0.5) is 5.82 Å². The number of nitrogen functional groups attached to an aromatic ring is 1. The number of carboxylic acids is 2. The quantitative estimate of drug-likeness (QED) is 0.149. The third-order valence-corrected chi connectivity index (χ3v) is 6.66. The maximum atomic E-state index is 12.0. The van der Waals surface area contributed by atoms with Gasteiger partial charge in [0.15, 0.2) is 23.3 Å². The largest absolute Gasteiger partial charge is 0.479 e. The van der Waals surface area contributed by atoms with Gasteiger partial charge in [-0.15, -0.1) is 17.8 Å². The zero-order valence-corrected chi connectivity index (χ0v) is 19.2. The van der Waals surface area contributed by atoms with Crippen LogP contribution in [0.3, 0.4) is 0 Å². The molecule has 13 nitrogen and oxygen atoms in total. The highest BCUT2D eigenvalue weighted by Crippen LogP contribution is 2.39. The minimum atomic E-state index is -2.70. The molecule has 0 spiro atoms. The molecule has 1 aliphatic heterocycles. The van der Waals surface area contributed by atoms with Gasteiger partial charge in [-0.3, -0.25) is 4.57 Å². The number of aromatic nitrogens is 4. The van der Waals surface area contributed by atoms with Crippen molar-refractivity contribution in [1.29, 1.82) is 0 Å². The molecule has 4 atom stereocenters. The summed E-state index contributed by atoms with van der Waals surface area (Å²) in [5, 5.41) is 42.8. The fraction of sp³-hybridized carbons (Fsp3) is 0.350. The highest BCUT2D eigenvalue weighted by Gasteiger charge is 2.58. The maximum absolute atomic E-state index is 12.0. The highest BCUT2D eigenvalue weighted by molar-refractivity contribution is 7.09. The van der Waals surface area contributed by atoms with Gasteiger partial charge in [0.2, 0.25) is 5.28 Å². The van der Waals surface area contributed by atoms with Crippen LogP contribution in [0.25, 0.3) is 11.2 Å². The van der Waals surface area contributed by atoms with Crippen molar-refractivity contribution in [3.63, 3.8) is 0 Å². The van der Waals surface area contributed by atoms with Crippen molar-refractivity contribution in [2.24, 2.45) is 0 Å². The van der Waals surface area contributed by atoms with Crippen molar-refractivity contribution in [3.05, 3.63) is 34.0 Å². The number of carboxylic acid groups (broad SMARTS) is 2. The highest BCUT2D eigenvalue weighted by atomic mass is 35.5. The maximum Gasteiger partial charge on any atom is 0.348 e. The number of aliphatic hydroxyl groups is 2. The van der Waals surface area contributed by atoms with Crippen LogP contribution < -0.4 is 5.73 Å². The van der Waals surface area contributed by atoms with Gasteiger partial charge < -0.3 is 35.6 Å². The van der Waals surface area contributed by atoms with Crippen LogP contribution in [-0.4, -0.2) is 81.9 Å². The van der Waals surface area contributed by atoms with Crippen LogP contribution in [0.5, 0.6) is 0 Å². The smallest absolute Gasteiger partial charge is 0.348 e. The molecule has 0 radical (unpaired) electrons. The van der Waals surface area contributed by atoms with Crippen LogP contribution in [0.2, 0.25) is 5.28 Å². The van der Waals surface area contributed by atoms with E-state index in [1.807, 2.05) is 5.92 Å². The van der Waals surface area contributed by atoms with E-state index < -0.39 is 54.6 Å². The third kappa shape index (κ3) is 4.08. The van der Waals surface area contributed by atoms with Gasteiger partial charge in [-0.25, -0.2) is 14.6 Å². The summed E-state index contributed by atoms with van der Waals surface area (Å²) in [4.78, 5) is 36.3. The summed E-state index contributed by atoms with van der Waals surface area (Å²) in [6.07, 6.45) is 1.47. The van der Waals surface area contributed by atoms with Crippen molar-refractivity contribution in [2.45, 2.75) is 36.1 Å². The molecule has 4 heterocycles. The molecule has 0 aliphatic carbocycles. The molecule has 0 aromatic carbocycles. The van der Waals surface area contributed by atoms with E-state index in [1.165, 1.54) is 10.9 Å². The first kappa shape index (κ1) is 24.8. The number of halogens is 1. The summed E-state index contributed by atoms with van der Waals surface area (Å²) in [5.41, 5.74) is 0.898. The molecule has 0 amide bonds. The number of hydrogen-bond donors (Lipinski definition) is 5. The molecule has 1 saturated heterocycles. The van der Waals surface area contributed by atoms with Gasteiger partial charge >= 0.3 is 11.9 Å². The molecule has 35 heavy (non-hydrogen) atoms. The lowest BCUT2D eigenvalue weighted by Gasteiger charge is -2.29. The van der Waals surface area contributed by atoms with Crippen LogP contribution in [0.1, 0.15) is 11.1 Å². The Morgan fingerprint density at radius 2 is 2.11 bits per heavy atom. The summed E-state index contributed by atoms with van der Waals surface area (Å²) in [7, 11) is 0. The molecule has 184 valence electrons. The first-order valence-corrected chi connectivity index (χ1v) is 11.1. The number of fused-ring (bicyclic) bond motifs is 1. The Morgan fingerprint density at radius 1 is 1.40 bits per heavy atom. The predicted octanol–water partition coefficient (Wildman–Crippen LogP) is -0.0867. The first-order valence-electron chi connectivity index (χ1n) is 9.86. The topological polar surface area (TPSA) is 203 Å². The number of carbonyl (C=O) groups is 2. The number of aliphatic hydroxyl groups excluding tert-OH is 1. The van der Waals surface area contributed by atoms with E-state index in [0.717, 1.165) is 11.3 Å². The zero-order chi connectivity index (χ0) is 25.5. The molecule has 4 rings (SSSR count). The number of nitrogens with two attached hydrogens (primary N) is 1. The van der Waals surface area contributed by atoms with E-state index in [2.05, 4.69) is 15.0 Å². The van der Waals surface area contributed by atoms with Crippen molar-refractivity contribution in [1.82, 2.24) is 19.5 Å². The number of hydrogen-bond acceptors (Lipinski definition) is 11. The number of thiophene rings is 1. The molecule has 3 aromatic heterocycles. The lowest BCUT2D eigenvalue weighted by molar-refractivity contribution is -0.191. The van der Waals surface area contributed by atoms with Gasteiger partial charge in [0.25, 0.3) is 5.60 Å². The van der Waals surface area contributed by atoms with Gasteiger partial charge in [-0.2, -0.15) is 9.97 Å². The van der Waals surface area contributed by atoms with Crippen molar-refractivity contribution < 1.29 is 39.5 Å². The fourth-order valence-corrected chi connectivity index (χ4v) is 4.65. The molecular weight excluding hydrogens is 506 g/mol. The second kappa shape index (κ2) is 9.04. The fourth-order valence-electron chi connectivity index (χ4n) is 3.71. The molecule has 0 unspecified atom stereocenters. The first-order chi connectivity index (χ1) is 16.5. The summed E-state index contributed by atoms with van der Waals surface area (Å²) < 4.78 is 12.3. The molecule has 0 bridgehead atoms. The predicted molar refractivity (Wildman–Crippen MR) is 120 cm³/mol. The average Bonchev–Trinajstić information content (AvgIpc) is 3.51. The number of ether oxygens (including phenoxy) is 2. The Balaban J connectivity index is 1.65. The standard InChI is InChI=1S/C20H18ClN5O8S/c1-2-19(32)10(7-33-20(16(28)29,17(30)31)6-9-4-3-5-35-9)34-15(12(19)27)26-8-23-11-13(22)24-18(21)25-14(11)26/h1,3-5,8,10,12,15,27,32H,6-7H2,(H,28,29)(H,30,31)(H2,22,24,25)/t10-,12+,15-,19-/m1/s1. The van der Waals surface area contributed by atoms with E-state index in [9.17, 15) is 30.0 Å². The number of imidazole rings is 1. The number of rotatable bonds is 8. The molecule has 1 aliphatic rings. The summed E-state index contributed by atoms with van der Waals surface area (Å²) in [6.45, 7) is -0.789. The monoisotopic (exact) mass is 523 g/mol. The molecule has 15 heteroatoms. The molecule has 6 N–H and O–H groups in total. The number of aliphatic carboxylic acids is 2. The van der Waals surface area contributed by atoms with E-state index in [0.29, 0.717) is 4.88 Å². The van der Waals surface area contributed by atoms with Gasteiger partial charge in [-0.05, 0) is 23.0 Å². The van der Waals surface area contributed by atoms with E-state index in [4.69, 9.17) is 33.2 Å². The van der Waals surface area contributed by atoms with Crippen molar-refractivity contribution in [2.75, 3.05) is 12.3 Å². The lowest BCUT2D eigenvalue weighted by atomic mass is 9.92. The third-order valence-electron chi connectivity index (χ3n) is 5.62. The van der Waals surface area contributed by atoms with Crippen LogP contribution >= 0.6 is 22.9 Å². The lowest BCUT2D eigenvalue weighted by Crippen LogP contribution is -2.54. The van der Waals surface area contributed by atoms with E-state index >= 15 is 0 Å². The Bertz CT molecular complexity index is 1310. The van der Waals surface area contributed by atoms with E-state index in [1.54, 1.807) is 17.5 Å². The summed E-state index contributed by atoms with van der Waals surface area (Å²) in [6, 6.07) is 3.19. The van der Waals surface area contributed by atoms with Gasteiger partial charge in [0.1, 0.15) is 17.7 Å². The van der Waals surface area contributed by atoms with Gasteiger partial charge in [-0.1, -0.05) is 12.0 Å². The number of nitrogens with zero attached hydrogens (tertiary/aromatic N) is 4. The minimum Gasteiger partial charge on any atom is -0.479 e. The van der Waals surface area contributed by atoms with Gasteiger partial charge in [0, 0.05) is 11.3 Å². The summed E-state index contributed by atoms with van der Waals surface area (Å²) in [5.74, 6) is -1.54. The Kier molecular flexibility index (Phi) is 6.40. The zero-order valence-electron chi connectivity index (χ0n) is 17.6. The van der Waals surface area contributed by atoms with Crippen LogP contribution in [0.15, 0.2) is 23.8 Å². The minimum absolute atomic E-state index is 0.0420. The normalized spacial score (nSPS) is 24.5. The van der Waals surface area contributed by atoms with Crippen molar-refractivity contribution in [3.8, 4) is 12.3 Å². The molecule has 3 aromatic rings. The Labute approximate surface area is 205 Å². The van der Waals surface area contributed by atoms with Crippen LogP contribution in [-0.2, 0) is 25.5 Å². The average molecular weight is 524 g/mol. The second-order valence-corrected chi connectivity index (χ2v) is 9.01. The molecule has 0 saturated carbocycles. The Morgan fingerprint density at radius 3 is 2.71 bits per heavy atom. The SMILES string of the molecule is C#C[C@@]1(O)[C@@H](COC(Cc2cccs2)(C(=O)O)C(=O)O)O[C@@H](n2cnc3c(N)nc(Cl)nc32)[C@@H]1O. The molecular formula is C20H18ClN5O8S. The van der Waals surface area contributed by atoms with E-state index in [-0.39, 0.29) is 22.3 Å². The van der Waals surface area contributed by atoms with Gasteiger partial charge in [0.05, 0.1) is 12.9 Å². The number of terminal acetylenes is 1. The Hall–Kier alpha value is -3.32. The van der Waals surface area contributed by atoms with Crippen LogP contribution in [0, 0.1) is 12.3 Å². The molecule has 1 fully saturated rings.